The highest BCUT2D eigenvalue weighted by Gasteiger charge is 2.40. The van der Waals surface area contributed by atoms with E-state index in [0.29, 0.717) is 18.5 Å². The van der Waals surface area contributed by atoms with Crippen LogP contribution in [0.2, 0.25) is 0 Å². The lowest BCUT2D eigenvalue weighted by atomic mass is 9.79. The quantitative estimate of drug-likeness (QED) is 0.655. The summed E-state index contributed by atoms with van der Waals surface area (Å²) >= 11 is 1.67. The number of piperidine rings is 1. The van der Waals surface area contributed by atoms with Gasteiger partial charge < -0.3 is 15.0 Å². The van der Waals surface area contributed by atoms with Crippen LogP contribution in [0.5, 0.6) is 5.88 Å². The summed E-state index contributed by atoms with van der Waals surface area (Å²) in [5.74, 6) is 0.699. The number of rotatable bonds is 3. The topological polar surface area (TPSA) is 79.0 Å². The predicted octanol–water partition coefficient (Wildman–Crippen LogP) is 4.23. The van der Waals surface area contributed by atoms with Gasteiger partial charge in [-0.25, -0.2) is 0 Å². The summed E-state index contributed by atoms with van der Waals surface area (Å²) < 4.78 is 6.02. The van der Waals surface area contributed by atoms with Gasteiger partial charge in [0.25, 0.3) is 0 Å². The van der Waals surface area contributed by atoms with E-state index in [0.717, 1.165) is 45.2 Å². The lowest BCUT2D eigenvalue weighted by Gasteiger charge is -2.48. The fraction of sp³-hybridized carbons (Fsp3) is 0.500. The molecular weight excluding hydrogens is 396 g/mol. The molecule has 1 fully saturated rings. The van der Waals surface area contributed by atoms with E-state index < -0.39 is 0 Å². The van der Waals surface area contributed by atoms with Gasteiger partial charge in [-0.3, -0.25) is 10.1 Å². The molecule has 0 radical (unpaired) electrons. The zero-order valence-electron chi connectivity index (χ0n) is 18.1. The van der Waals surface area contributed by atoms with Crippen molar-refractivity contribution in [1.29, 1.82) is 0 Å². The summed E-state index contributed by atoms with van der Waals surface area (Å²) in [6, 6.07) is 2.55. The molecule has 5 heterocycles. The first kappa shape index (κ1) is 19.5. The van der Waals surface area contributed by atoms with Gasteiger partial charge in [-0.2, -0.15) is 10.1 Å². The maximum Gasteiger partial charge on any atom is 0.236 e. The van der Waals surface area contributed by atoms with Gasteiger partial charge in [0.1, 0.15) is 11.5 Å². The maximum absolute atomic E-state index is 6.02. The van der Waals surface area contributed by atoms with Crippen LogP contribution in [0.4, 0.5) is 5.13 Å². The number of nitrogens with zero attached hydrogens (tertiary/aromatic N) is 4. The average molecular weight is 425 g/mol. The molecule has 2 aliphatic rings. The molecule has 2 aliphatic heterocycles. The van der Waals surface area contributed by atoms with E-state index in [2.05, 4.69) is 61.2 Å². The van der Waals surface area contributed by atoms with Crippen LogP contribution < -0.4 is 15.0 Å². The molecule has 0 spiro atoms. The number of aromatic amines is 1. The van der Waals surface area contributed by atoms with Crippen molar-refractivity contribution in [2.24, 2.45) is 0 Å². The van der Waals surface area contributed by atoms with Crippen molar-refractivity contribution < 1.29 is 4.74 Å². The molecule has 5 rings (SSSR count). The molecule has 2 N–H and O–H groups in total. The van der Waals surface area contributed by atoms with E-state index in [1.165, 1.54) is 0 Å². The molecule has 0 amide bonds. The predicted molar refractivity (Wildman–Crippen MR) is 120 cm³/mol. The van der Waals surface area contributed by atoms with E-state index in [-0.39, 0.29) is 11.1 Å². The molecule has 158 valence electrons. The number of pyridine rings is 1. The molecule has 3 aromatic rings. The monoisotopic (exact) mass is 424 g/mol. The number of hydrogen-bond donors (Lipinski definition) is 2. The van der Waals surface area contributed by atoms with Crippen molar-refractivity contribution >= 4 is 16.5 Å². The number of anilines is 1. The Morgan fingerprint density at radius 3 is 2.60 bits per heavy atom. The molecule has 8 heteroatoms. The average Bonchev–Trinajstić information content (AvgIpc) is 3.34. The molecule has 0 saturated carbocycles. The van der Waals surface area contributed by atoms with Gasteiger partial charge in [0.2, 0.25) is 5.88 Å². The van der Waals surface area contributed by atoms with Crippen LogP contribution >= 0.6 is 11.3 Å². The van der Waals surface area contributed by atoms with Crippen LogP contribution in [0.1, 0.15) is 46.1 Å². The van der Waals surface area contributed by atoms with E-state index in [1.54, 1.807) is 17.5 Å². The second-order valence-electron chi connectivity index (χ2n) is 9.70. The first-order valence-electron chi connectivity index (χ1n) is 10.4. The van der Waals surface area contributed by atoms with Crippen LogP contribution in [0.25, 0.3) is 21.7 Å². The molecule has 1 saturated heterocycles. The van der Waals surface area contributed by atoms with Crippen LogP contribution in [0.3, 0.4) is 0 Å². The van der Waals surface area contributed by atoms with Crippen molar-refractivity contribution in [3.05, 3.63) is 30.2 Å². The number of aromatic nitrogens is 4. The van der Waals surface area contributed by atoms with Gasteiger partial charge in [0.15, 0.2) is 5.13 Å². The molecule has 0 aromatic carbocycles. The second-order valence-corrected chi connectivity index (χ2v) is 10.7. The molecule has 30 heavy (non-hydrogen) atoms. The van der Waals surface area contributed by atoms with E-state index in [1.807, 2.05) is 12.4 Å². The lowest BCUT2D eigenvalue weighted by molar-refractivity contribution is 0.161. The van der Waals surface area contributed by atoms with Gasteiger partial charge in [-0.05, 0) is 46.6 Å². The van der Waals surface area contributed by atoms with Crippen LogP contribution in [0, 0.1) is 0 Å². The summed E-state index contributed by atoms with van der Waals surface area (Å²) in [7, 11) is 2.16. The Labute approximate surface area is 180 Å². The standard InChI is InChI=1S/C22H28N6OS/c1-21(2)7-16(8-22(3,4)27-21)28(5)20-26-19-18(30-20)17-14(12-29-19)6-13(9-23-17)15-10-24-25-11-15/h6,9-11,16,27H,7-8,12H2,1-5H3,(H,24,25). The fourth-order valence-corrected chi connectivity index (χ4v) is 6.01. The zero-order chi connectivity index (χ0) is 21.1. The van der Waals surface area contributed by atoms with Gasteiger partial charge in [-0.15, -0.1) is 0 Å². The summed E-state index contributed by atoms with van der Waals surface area (Å²) in [5.41, 5.74) is 4.31. The van der Waals surface area contributed by atoms with Crippen molar-refractivity contribution in [2.75, 3.05) is 11.9 Å². The highest BCUT2D eigenvalue weighted by atomic mass is 32.1. The summed E-state index contributed by atoms with van der Waals surface area (Å²) in [5, 5.41) is 11.6. The number of hydrogen-bond acceptors (Lipinski definition) is 7. The third-order valence-corrected chi connectivity index (χ3v) is 7.11. The minimum atomic E-state index is 0.0890. The van der Waals surface area contributed by atoms with Crippen molar-refractivity contribution in [1.82, 2.24) is 25.5 Å². The van der Waals surface area contributed by atoms with Gasteiger partial charge in [0.05, 0.1) is 11.9 Å². The molecule has 0 aliphatic carbocycles. The highest BCUT2D eigenvalue weighted by molar-refractivity contribution is 7.19. The largest absolute Gasteiger partial charge is 0.472 e. The number of thiazole rings is 1. The minimum Gasteiger partial charge on any atom is -0.472 e. The first-order valence-corrected chi connectivity index (χ1v) is 11.2. The second kappa shape index (κ2) is 6.78. The van der Waals surface area contributed by atoms with Crippen LogP contribution in [0.15, 0.2) is 24.7 Å². The van der Waals surface area contributed by atoms with E-state index in [9.17, 15) is 0 Å². The van der Waals surface area contributed by atoms with Gasteiger partial charge >= 0.3 is 0 Å². The van der Waals surface area contributed by atoms with E-state index in [4.69, 9.17) is 14.7 Å². The Morgan fingerprint density at radius 1 is 1.13 bits per heavy atom. The number of ether oxygens (including phenoxy) is 1. The molecule has 3 aromatic heterocycles. The zero-order valence-corrected chi connectivity index (χ0v) is 18.9. The Kier molecular flexibility index (Phi) is 4.41. The normalized spacial score (nSPS) is 19.6. The molecule has 0 bridgehead atoms. The third kappa shape index (κ3) is 3.48. The summed E-state index contributed by atoms with van der Waals surface area (Å²) in [4.78, 5) is 13.0. The number of fused-ring (bicyclic) bond motifs is 3. The molecular formula is C22H28N6OS. The Bertz CT molecular complexity index is 1060. The van der Waals surface area contributed by atoms with Crippen molar-refractivity contribution in [2.45, 2.75) is 64.3 Å². The summed E-state index contributed by atoms with van der Waals surface area (Å²) in [6.45, 7) is 9.61. The fourth-order valence-electron chi connectivity index (χ4n) is 4.93. The smallest absolute Gasteiger partial charge is 0.236 e. The molecule has 7 nitrogen and oxygen atoms in total. The minimum absolute atomic E-state index is 0.0890. The Hall–Kier alpha value is -2.45. The van der Waals surface area contributed by atoms with Gasteiger partial charge in [-0.1, -0.05) is 11.3 Å². The van der Waals surface area contributed by atoms with E-state index >= 15 is 0 Å². The highest BCUT2D eigenvalue weighted by Crippen LogP contribution is 2.45. The first-order chi connectivity index (χ1) is 14.2. The van der Waals surface area contributed by atoms with Gasteiger partial charge in [0, 0.05) is 53.3 Å². The lowest BCUT2D eigenvalue weighted by Crippen LogP contribution is -2.61. The maximum atomic E-state index is 6.02. The van der Waals surface area contributed by atoms with Crippen molar-refractivity contribution in [3.8, 4) is 27.6 Å². The number of H-pyrrole nitrogens is 1. The SMILES string of the molecule is CN(c1nc2c(s1)-c1ncc(-c3cn[nH]c3)cc1CO2)C1CC(C)(C)NC(C)(C)C1. The third-order valence-electron chi connectivity index (χ3n) is 5.98. The summed E-state index contributed by atoms with van der Waals surface area (Å²) in [6.07, 6.45) is 7.72. The Morgan fingerprint density at radius 2 is 1.90 bits per heavy atom. The Balaban J connectivity index is 1.45. The molecule has 0 atom stereocenters. The molecule has 0 unspecified atom stereocenters. The number of nitrogens with one attached hydrogen (secondary N) is 2. The van der Waals surface area contributed by atoms with Crippen LogP contribution in [-0.2, 0) is 6.61 Å². The van der Waals surface area contributed by atoms with Crippen molar-refractivity contribution in [3.63, 3.8) is 0 Å². The van der Waals surface area contributed by atoms with Crippen LogP contribution in [-0.4, -0.2) is 44.3 Å².